The van der Waals surface area contributed by atoms with E-state index in [1.54, 1.807) is 0 Å². The van der Waals surface area contributed by atoms with Crippen molar-refractivity contribution in [3.63, 3.8) is 0 Å². The van der Waals surface area contributed by atoms with Gasteiger partial charge in [0.05, 0.1) is 0 Å². The molecule has 0 amide bonds. The largest absolute Gasteiger partial charge is 0.373 e. The van der Waals surface area contributed by atoms with Crippen molar-refractivity contribution in [2.45, 2.75) is 40.0 Å². The molecular weight excluding hydrogens is 194 g/mol. The molecule has 1 spiro atoms. The lowest BCUT2D eigenvalue weighted by molar-refractivity contribution is 0.409. The Labute approximate surface area is 101 Å². The van der Waals surface area contributed by atoms with Gasteiger partial charge >= 0.3 is 0 Å². The van der Waals surface area contributed by atoms with Gasteiger partial charge < -0.3 is 4.90 Å². The molecule has 0 aromatic heterocycles. The number of rotatable bonds is 3. The first-order chi connectivity index (χ1) is 7.73. The third-order valence-corrected chi connectivity index (χ3v) is 3.37. The van der Waals surface area contributed by atoms with E-state index in [0.717, 1.165) is 6.42 Å². The average Bonchev–Trinajstić information content (AvgIpc) is 3.00. The molecule has 0 bridgehead atoms. The van der Waals surface area contributed by atoms with Gasteiger partial charge in [0.25, 0.3) is 0 Å². The first-order valence-electron chi connectivity index (χ1n) is 6.48. The molecule has 2 aliphatic rings. The Hall–Kier alpha value is -0.980. The second-order valence-electron chi connectivity index (χ2n) is 4.45. The van der Waals surface area contributed by atoms with Crippen LogP contribution in [0.15, 0.2) is 36.1 Å². The van der Waals surface area contributed by atoms with E-state index in [1.165, 1.54) is 30.7 Å². The average molecular weight is 219 g/mol. The molecule has 2 rings (SSSR count). The Morgan fingerprint density at radius 2 is 2.00 bits per heavy atom. The zero-order valence-corrected chi connectivity index (χ0v) is 11.2. The van der Waals surface area contributed by atoms with Gasteiger partial charge in [-0.25, -0.2) is 0 Å². The monoisotopic (exact) mass is 219 g/mol. The fraction of sp³-hybridized carbons (Fsp3) is 0.600. The molecule has 90 valence electrons. The molecule has 0 N–H and O–H groups in total. The van der Waals surface area contributed by atoms with E-state index in [1.807, 2.05) is 13.8 Å². The maximum Gasteiger partial charge on any atom is 0.0399 e. The third kappa shape index (κ3) is 2.23. The maximum absolute atomic E-state index is 3.95. The molecule has 1 heterocycles. The summed E-state index contributed by atoms with van der Waals surface area (Å²) < 4.78 is 0. The standard InChI is InChI=1S/C13H19N.C2H6/c1-4-6-7-12-11(5-2)13(8-9-13)10-14(12)3;1-2/h5-7H,2,4,8-10H2,1,3H3;1-2H3/b7-6-;. The van der Waals surface area contributed by atoms with Gasteiger partial charge in [-0.05, 0) is 30.9 Å². The van der Waals surface area contributed by atoms with E-state index in [9.17, 15) is 0 Å². The van der Waals surface area contributed by atoms with E-state index in [2.05, 4.69) is 43.7 Å². The Bertz CT molecular complexity index is 305. The predicted octanol–water partition coefficient (Wildman–Crippen LogP) is 4.14. The molecule has 1 nitrogen and oxygen atoms in total. The van der Waals surface area contributed by atoms with Crippen LogP contribution in [0.1, 0.15) is 40.0 Å². The summed E-state index contributed by atoms with van der Waals surface area (Å²) in [4.78, 5) is 2.37. The van der Waals surface area contributed by atoms with Crippen LogP contribution in [0, 0.1) is 5.41 Å². The Morgan fingerprint density at radius 3 is 2.44 bits per heavy atom. The molecule has 1 heteroatoms. The zero-order chi connectivity index (χ0) is 12.2. The predicted molar refractivity (Wildman–Crippen MR) is 72.3 cm³/mol. The van der Waals surface area contributed by atoms with Crippen molar-refractivity contribution >= 4 is 0 Å². The minimum atomic E-state index is 0.490. The lowest BCUT2D eigenvalue weighted by Gasteiger charge is -2.13. The van der Waals surface area contributed by atoms with Crippen LogP contribution in [-0.2, 0) is 0 Å². The SMILES string of the molecule is C=CC1=C(/C=C\CC)N(C)CC12CC2.CC. The van der Waals surface area contributed by atoms with Crippen molar-refractivity contribution in [2.75, 3.05) is 13.6 Å². The van der Waals surface area contributed by atoms with E-state index in [0.29, 0.717) is 5.41 Å². The molecule has 1 saturated carbocycles. The molecule has 1 aliphatic heterocycles. The van der Waals surface area contributed by atoms with Crippen LogP contribution >= 0.6 is 0 Å². The number of nitrogens with zero attached hydrogens (tertiary/aromatic N) is 1. The summed E-state index contributed by atoms with van der Waals surface area (Å²) in [6, 6.07) is 0. The van der Waals surface area contributed by atoms with Crippen LogP contribution in [0.3, 0.4) is 0 Å². The molecule has 16 heavy (non-hydrogen) atoms. The summed E-state index contributed by atoms with van der Waals surface area (Å²) in [6.07, 6.45) is 10.4. The highest BCUT2D eigenvalue weighted by Gasteiger charge is 2.50. The van der Waals surface area contributed by atoms with Gasteiger partial charge in [-0.3, -0.25) is 0 Å². The number of allylic oxidation sites excluding steroid dienone is 3. The minimum Gasteiger partial charge on any atom is -0.373 e. The highest BCUT2D eigenvalue weighted by Crippen LogP contribution is 2.57. The fourth-order valence-electron chi connectivity index (χ4n) is 2.45. The van der Waals surface area contributed by atoms with Crippen molar-refractivity contribution in [1.82, 2.24) is 4.90 Å². The number of hydrogen-bond acceptors (Lipinski definition) is 1. The van der Waals surface area contributed by atoms with E-state index < -0.39 is 0 Å². The summed E-state index contributed by atoms with van der Waals surface area (Å²) in [7, 11) is 2.19. The molecule has 1 fully saturated rings. The lowest BCUT2D eigenvalue weighted by atomic mass is 9.98. The van der Waals surface area contributed by atoms with E-state index in [-0.39, 0.29) is 0 Å². The molecule has 0 radical (unpaired) electrons. The number of likely N-dealkylation sites (N-methyl/N-ethyl adjacent to an activating group) is 1. The van der Waals surface area contributed by atoms with Crippen molar-refractivity contribution in [2.24, 2.45) is 5.41 Å². The van der Waals surface area contributed by atoms with Crippen molar-refractivity contribution in [1.29, 1.82) is 0 Å². The molecule has 0 atom stereocenters. The molecule has 0 aromatic rings. The van der Waals surface area contributed by atoms with Crippen LogP contribution in [0.4, 0.5) is 0 Å². The Balaban J connectivity index is 0.000000606. The molecule has 0 saturated heterocycles. The van der Waals surface area contributed by atoms with E-state index in [4.69, 9.17) is 0 Å². The second-order valence-corrected chi connectivity index (χ2v) is 4.45. The van der Waals surface area contributed by atoms with Gasteiger partial charge in [-0.1, -0.05) is 39.5 Å². The van der Waals surface area contributed by atoms with Crippen molar-refractivity contribution in [3.8, 4) is 0 Å². The summed E-state index contributed by atoms with van der Waals surface area (Å²) in [5.74, 6) is 0. The first-order valence-corrected chi connectivity index (χ1v) is 6.48. The summed E-state index contributed by atoms with van der Waals surface area (Å²) >= 11 is 0. The summed E-state index contributed by atoms with van der Waals surface area (Å²) in [6.45, 7) is 11.3. The first kappa shape index (κ1) is 13.1. The highest BCUT2D eigenvalue weighted by atomic mass is 15.1. The van der Waals surface area contributed by atoms with Crippen molar-refractivity contribution in [3.05, 3.63) is 36.1 Å². The molecular formula is C15H25N. The van der Waals surface area contributed by atoms with Gasteiger partial charge in [0.1, 0.15) is 0 Å². The highest BCUT2D eigenvalue weighted by molar-refractivity contribution is 5.44. The van der Waals surface area contributed by atoms with E-state index >= 15 is 0 Å². The molecule has 0 aromatic carbocycles. The van der Waals surface area contributed by atoms with Gasteiger partial charge in [0, 0.05) is 24.7 Å². The van der Waals surface area contributed by atoms with Gasteiger partial charge in [0.15, 0.2) is 0 Å². The summed E-state index contributed by atoms with van der Waals surface area (Å²) in [5, 5.41) is 0. The lowest BCUT2D eigenvalue weighted by Crippen LogP contribution is -2.16. The van der Waals surface area contributed by atoms with Crippen molar-refractivity contribution < 1.29 is 0 Å². The normalized spacial score (nSPS) is 21.4. The van der Waals surface area contributed by atoms with Gasteiger partial charge in [-0.15, -0.1) is 0 Å². The van der Waals surface area contributed by atoms with Gasteiger partial charge in [0.2, 0.25) is 0 Å². The van der Waals surface area contributed by atoms with Crippen LogP contribution in [0.25, 0.3) is 0 Å². The molecule has 1 aliphatic carbocycles. The van der Waals surface area contributed by atoms with Crippen LogP contribution in [0.5, 0.6) is 0 Å². The van der Waals surface area contributed by atoms with Crippen LogP contribution in [-0.4, -0.2) is 18.5 Å². The quantitative estimate of drug-likeness (QED) is 0.689. The zero-order valence-electron chi connectivity index (χ0n) is 11.2. The smallest absolute Gasteiger partial charge is 0.0399 e. The third-order valence-electron chi connectivity index (χ3n) is 3.37. The molecule has 0 unspecified atom stereocenters. The summed E-state index contributed by atoms with van der Waals surface area (Å²) in [5.41, 5.74) is 3.35. The Kier molecular flexibility index (Phi) is 4.40. The van der Waals surface area contributed by atoms with Crippen LogP contribution < -0.4 is 0 Å². The van der Waals surface area contributed by atoms with Crippen LogP contribution in [0.2, 0.25) is 0 Å². The van der Waals surface area contributed by atoms with Gasteiger partial charge in [-0.2, -0.15) is 0 Å². The topological polar surface area (TPSA) is 3.24 Å². The number of hydrogen-bond donors (Lipinski definition) is 0. The second kappa shape index (κ2) is 5.38. The Morgan fingerprint density at radius 1 is 1.38 bits per heavy atom. The fourth-order valence-corrected chi connectivity index (χ4v) is 2.45. The minimum absolute atomic E-state index is 0.490. The maximum atomic E-state index is 3.95.